The van der Waals surface area contributed by atoms with Crippen molar-refractivity contribution in [1.29, 1.82) is 0 Å². The fraction of sp³-hybridized carbons (Fsp3) is 0.263. The maximum Gasteiger partial charge on any atom is 0.321 e. The van der Waals surface area contributed by atoms with Crippen molar-refractivity contribution in [2.75, 3.05) is 13.1 Å². The molecule has 1 fully saturated rings. The molecule has 1 saturated heterocycles. The number of rotatable bonds is 5. The van der Waals surface area contributed by atoms with Crippen molar-refractivity contribution in [3.63, 3.8) is 0 Å². The molecule has 29 heavy (non-hydrogen) atoms. The molecule has 3 heterocycles. The Morgan fingerprint density at radius 1 is 1.14 bits per heavy atom. The van der Waals surface area contributed by atoms with E-state index in [9.17, 15) is 13.2 Å². The molecule has 0 radical (unpaired) electrons. The van der Waals surface area contributed by atoms with Gasteiger partial charge in [-0.3, -0.25) is 9.78 Å². The van der Waals surface area contributed by atoms with Crippen molar-refractivity contribution >= 4 is 16.0 Å². The molecule has 0 amide bonds. The highest BCUT2D eigenvalue weighted by molar-refractivity contribution is 7.89. The van der Waals surface area contributed by atoms with Gasteiger partial charge in [-0.05, 0) is 31.2 Å². The summed E-state index contributed by atoms with van der Waals surface area (Å²) in [6.45, 7) is 1.79. The van der Waals surface area contributed by atoms with Gasteiger partial charge in [0, 0.05) is 6.20 Å². The number of carbonyl (C=O) groups excluding carboxylic acids is 1. The monoisotopic (exact) mass is 413 g/mol. The van der Waals surface area contributed by atoms with E-state index < -0.39 is 22.1 Å². The SMILES string of the molecule is Cc1ccc(S(=O)(=O)N2CC(=O)OC(Cn3cc(-c4ccccn4)nn3)C2)cc1. The molecule has 10 heteroatoms. The first kappa shape index (κ1) is 19.2. The molecule has 4 rings (SSSR count). The molecule has 1 aliphatic heterocycles. The number of carbonyl (C=O) groups is 1. The van der Waals surface area contributed by atoms with Crippen molar-refractivity contribution in [3.05, 3.63) is 60.4 Å². The number of morpholine rings is 1. The third-order valence-corrected chi connectivity index (χ3v) is 6.35. The van der Waals surface area contributed by atoms with Crippen molar-refractivity contribution in [1.82, 2.24) is 24.3 Å². The molecule has 0 bridgehead atoms. The summed E-state index contributed by atoms with van der Waals surface area (Å²) in [7, 11) is -3.80. The number of aryl methyl sites for hydroxylation is 1. The number of aromatic nitrogens is 4. The average molecular weight is 413 g/mol. The Balaban J connectivity index is 1.50. The molecule has 1 atom stereocenters. The van der Waals surface area contributed by atoms with E-state index in [0.29, 0.717) is 11.4 Å². The lowest BCUT2D eigenvalue weighted by atomic mass is 10.2. The number of benzene rings is 1. The van der Waals surface area contributed by atoms with Gasteiger partial charge in [0.15, 0.2) is 0 Å². The molecule has 0 N–H and O–H groups in total. The van der Waals surface area contributed by atoms with Crippen LogP contribution in [0.2, 0.25) is 0 Å². The van der Waals surface area contributed by atoms with Gasteiger partial charge in [0.1, 0.15) is 18.3 Å². The highest BCUT2D eigenvalue weighted by Crippen LogP contribution is 2.21. The summed E-state index contributed by atoms with van der Waals surface area (Å²) in [5, 5.41) is 8.11. The Labute approximate surface area is 168 Å². The van der Waals surface area contributed by atoms with Gasteiger partial charge < -0.3 is 4.74 Å². The molecule has 0 spiro atoms. The summed E-state index contributed by atoms with van der Waals surface area (Å²) >= 11 is 0. The van der Waals surface area contributed by atoms with Crippen LogP contribution >= 0.6 is 0 Å². The molecule has 1 unspecified atom stereocenters. The average Bonchev–Trinajstić information content (AvgIpc) is 3.17. The lowest BCUT2D eigenvalue weighted by Crippen LogP contribution is -2.49. The third-order valence-electron chi connectivity index (χ3n) is 4.53. The van der Waals surface area contributed by atoms with E-state index in [1.165, 1.54) is 16.8 Å². The Morgan fingerprint density at radius 2 is 1.93 bits per heavy atom. The molecule has 3 aromatic rings. The Bertz CT molecular complexity index is 1110. The third kappa shape index (κ3) is 4.17. The van der Waals surface area contributed by atoms with Gasteiger partial charge in [-0.25, -0.2) is 13.1 Å². The number of hydrogen-bond acceptors (Lipinski definition) is 7. The van der Waals surface area contributed by atoms with Gasteiger partial charge in [0.2, 0.25) is 10.0 Å². The minimum Gasteiger partial charge on any atom is -0.458 e. The number of hydrogen-bond donors (Lipinski definition) is 0. The highest BCUT2D eigenvalue weighted by Gasteiger charge is 2.35. The minimum atomic E-state index is -3.80. The van der Waals surface area contributed by atoms with E-state index in [4.69, 9.17) is 4.74 Å². The highest BCUT2D eigenvalue weighted by atomic mass is 32.2. The molecule has 1 aliphatic rings. The van der Waals surface area contributed by atoms with Crippen LogP contribution in [-0.4, -0.2) is 57.9 Å². The van der Waals surface area contributed by atoms with Gasteiger partial charge in [-0.1, -0.05) is 29.0 Å². The van der Waals surface area contributed by atoms with Gasteiger partial charge in [0.25, 0.3) is 0 Å². The van der Waals surface area contributed by atoms with E-state index >= 15 is 0 Å². The van der Waals surface area contributed by atoms with Crippen molar-refractivity contribution < 1.29 is 17.9 Å². The zero-order valence-corrected chi connectivity index (χ0v) is 16.5. The van der Waals surface area contributed by atoms with Crippen LogP contribution in [0.5, 0.6) is 0 Å². The molecule has 0 aliphatic carbocycles. The number of esters is 1. The number of pyridine rings is 1. The van der Waals surface area contributed by atoms with E-state index in [-0.39, 0.29) is 24.5 Å². The van der Waals surface area contributed by atoms with Crippen LogP contribution in [0.25, 0.3) is 11.4 Å². The first-order valence-electron chi connectivity index (χ1n) is 9.00. The summed E-state index contributed by atoms with van der Waals surface area (Å²) in [6.07, 6.45) is 2.67. The van der Waals surface area contributed by atoms with Crippen molar-refractivity contribution in [2.45, 2.75) is 24.5 Å². The van der Waals surface area contributed by atoms with Crippen LogP contribution in [0.3, 0.4) is 0 Å². The molecule has 0 saturated carbocycles. The predicted octanol–water partition coefficient (Wildman–Crippen LogP) is 1.26. The Morgan fingerprint density at radius 3 is 2.66 bits per heavy atom. The van der Waals surface area contributed by atoms with E-state index in [1.54, 1.807) is 30.6 Å². The van der Waals surface area contributed by atoms with Crippen LogP contribution < -0.4 is 0 Å². The molecule has 9 nitrogen and oxygen atoms in total. The van der Waals surface area contributed by atoms with Gasteiger partial charge in [0.05, 0.1) is 29.9 Å². The second-order valence-corrected chi connectivity index (χ2v) is 8.70. The summed E-state index contributed by atoms with van der Waals surface area (Å²) in [5.41, 5.74) is 2.20. The molecule has 150 valence electrons. The van der Waals surface area contributed by atoms with Crippen LogP contribution in [-0.2, 0) is 26.1 Å². The normalized spacial score (nSPS) is 17.8. The smallest absolute Gasteiger partial charge is 0.321 e. The predicted molar refractivity (Wildman–Crippen MR) is 103 cm³/mol. The van der Waals surface area contributed by atoms with Gasteiger partial charge >= 0.3 is 5.97 Å². The minimum absolute atomic E-state index is 0.0424. The molecular weight excluding hydrogens is 394 g/mol. The van der Waals surface area contributed by atoms with Crippen molar-refractivity contribution in [3.8, 4) is 11.4 Å². The Kier molecular flexibility index (Phi) is 5.12. The van der Waals surface area contributed by atoms with Crippen LogP contribution in [0.1, 0.15) is 5.56 Å². The quantitative estimate of drug-likeness (QED) is 0.580. The summed E-state index contributed by atoms with van der Waals surface area (Å²) in [6, 6.07) is 12.0. The van der Waals surface area contributed by atoms with Crippen LogP contribution in [0.4, 0.5) is 0 Å². The largest absolute Gasteiger partial charge is 0.458 e. The number of sulfonamides is 1. The maximum atomic E-state index is 12.9. The second-order valence-electron chi connectivity index (χ2n) is 6.76. The van der Waals surface area contributed by atoms with E-state index in [2.05, 4.69) is 15.3 Å². The summed E-state index contributed by atoms with van der Waals surface area (Å²) in [4.78, 5) is 16.4. The molecular formula is C19H19N5O4S. The molecule has 1 aromatic carbocycles. The van der Waals surface area contributed by atoms with Gasteiger partial charge in [-0.2, -0.15) is 4.31 Å². The molecule has 2 aromatic heterocycles. The van der Waals surface area contributed by atoms with Crippen LogP contribution in [0, 0.1) is 6.92 Å². The van der Waals surface area contributed by atoms with E-state index in [1.807, 2.05) is 19.1 Å². The standard InChI is InChI=1S/C19H19N5O4S/c1-14-5-7-16(8-6-14)29(26,27)24-11-15(28-19(25)13-24)10-23-12-18(21-22-23)17-4-2-3-9-20-17/h2-9,12,15H,10-11,13H2,1H3. The zero-order chi connectivity index (χ0) is 20.4. The summed E-state index contributed by atoms with van der Waals surface area (Å²) in [5.74, 6) is -0.595. The second kappa shape index (κ2) is 7.72. The van der Waals surface area contributed by atoms with E-state index in [0.717, 1.165) is 9.87 Å². The van der Waals surface area contributed by atoms with Gasteiger partial charge in [-0.15, -0.1) is 5.10 Å². The summed E-state index contributed by atoms with van der Waals surface area (Å²) < 4.78 is 33.8. The maximum absolute atomic E-state index is 12.9. The van der Waals surface area contributed by atoms with Crippen LogP contribution in [0.15, 0.2) is 59.8 Å². The number of nitrogens with zero attached hydrogens (tertiary/aromatic N) is 5. The fourth-order valence-electron chi connectivity index (χ4n) is 3.06. The first-order chi connectivity index (χ1) is 13.9. The lowest BCUT2D eigenvalue weighted by molar-refractivity contribution is -0.156. The zero-order valence-electron chi connectivity index (χ0n) is 15.7. The number of cyclic esters (lactones) is 1. The number of ether oxygens (including phenoxy) is 1. The lowest BCUT2D eigenvalue weighted by Gasteiger charge is -2.31. The van der Waals surface area contributed by atoms with Crippen molar-refractivity contribution in [2.24, 2.45) is 0 Å². The topological polar surface area (TPSA) is 107 Å². The fourth-order valence-corrected chi connectivity index (χ4v) is 4.48. The Hall–Kier alpha value is -3.11. The first-order valence-corrected chi connectivity index (χ1v) is 10.4.